The number of methoxy groups -OCH3 is 1. The van der Waals surface area contributed by atoms with Crippen LogP contribution in [-0.2, 0) is 9.53 Å². The van der Waals surface area contributed by atoms with Crippen LogP contribution in [0.3, 0.4) is 0 Å². The number of carbonyl (C=O) groups excluding carboxylic acids is 2. The Bertz CT molecular complexity index is 1150. The first kappa shape index (κ1) is 20.3. The molecule has 0 aromatic heterocycles. The number of benzene rings is 3. The minimum absolute atomic E-state index is 0.217. The smallest absolute Gasteiger partial charge is 0.338 e. The summed E-state index contributed by atoms with van der Waals surface area (Å²) in [7, 11) is 1.48. The largest absolute Gasteiger partial charge is 0.493 e. The second kappa shape index (κ2) is 8.47. The summed E-state index contributed by atoms with van der Waals surface area (Å²) in [4.78, 5) is 29.4. The van der Waals surface area contributed by atoms with E-state index in [1.165, 1.54) is 19.2 Å². The molecule has 0 spiro atoms. The van der Waals surface area contributed by atoms with Crippen LogP contribution in [-0.4, -0.2) is 38.8 Å². The van der Waals surface area contributed by atoms with Crippen molar-refractivity contribution in [3.05, 3.63) is 66.2 Å². The third-order valence-corrected chi connectivity index (χ3v) is 6.20. The lowest BCUT2D eigenvalue weighted by Crippen LogP contribution is -2.32. The average Bonchev–Trinajstić information content (AvgIpc) is 2.84. The van der Waals surface area contributed by atoms with Crippen LogP contribution in [0.25, 0.3) is 0 Å². The number of amides is 1. The minimum Gasteiger partial charge on any atom is -0.493 e. The van der Waals surface area contributed by atoms with Crippen molar-refractivity contribution < 1.29 is 28.5 Å². The summed E-state index contributed by atoms with van der Waals surface area (Å²) < 4.78 is 21.8. The Hall–Kier alpha value is -3.65. The van der Waals surface area contributed by atoms with Gasteiger partial charge < -0.3 is 18.9 Å². The van der Waals surface area contributed by atoms with Crippen LogP contribution < -0.4 is 19.1 Å². The molecule has 0 unspecified atom stereocenters. The van der Waals surface area contributed by atoms with Crippen molar-refractivity contribution in [3.8, 4) is 17.2 Å². The average molecular weight is 449 g/mol. The van der Waals surface area contributed by atoms with Crippen LogP contribution in [0.1, 0.15) is 10.4 Å². The van der Waals surface area contributed by atoms with Crippen molar-refractivity contribution in [2.45, 2.75) is 9.79 Å². The molecule has 0 saturated heterocycles. The van der Waals surface area contributed by atoms with Gasteiger partial charge in [-0.15, -0.1) is 0 Å². The molecule has 1 amide bonds. The summed E-state index contributed by atoms with van der Waals surface area (Å²) in [5.74, 6) is 0.233. The molecule has 0 aliphatic carbocycles. The summed E-state index contributed by atoms with van der Waals surface area (Å²) in [5, 5.41) is 0. The van der Waals surface area contributed by atoms with E-state index in [0.29, 0.717) is 30.5 Å². The molecule has 0 N–H and O–H groups in total. The summed E-state index contributed by atoms with van der Waals surface area (Å²) >= 11 is 1.60. The summed E-state index contributed by atoms with van der Waals surface area (Å²) in [5.41, 5.74) is 1.74. The fourth-order valence-electron chi connectivity index (χ4n) is 3.64. The number of esters is 1. The standard InChI is InChI=1S/C24H19NO6S/c1-28-18-12-15(13-19-23(18)30-11-10-29-19)24(27)31-14-22(26)25-16-6-2-4-8-20(16)32-21-9-5-3-7-17(21)25/h2-9,12-13H,10-11,14H2,1H3. The fraction of sp³-hybridized carbons (Fsp3) is 0.167. The van der Waals surface area contributed by atoms with Gasteiger partial charge in [-0.05, 0) is 36.4 Å². The lowest BCUT2D eigenvalue weighted by Gasteiger charge is -2.30. The molecule has 2 aliphatic heterocycles. The highest BCUT2D eigenvalue weighted by molar-refractivity contribution is 7.99. The van der Waals surface area contributed by atoms with Crippen molar-refractivity contribution in [3.63, 3.8) is 0 Å². The molecule has 0 atom stereocenters. The highest BCUT2D eigenvalue weighted by atomic mass is 32.2. The highest BCUT2D eigenvalue weighted by Gasteiger charge is 2.29. The Morgan fingerprint density at radius 1 is 0.969 bits per heavy atom. The zero-order valence-electron chi connectivity index (χ0n) is 17.2. The minimum atomic E-state index is -0.651. The number of para-hydroxylation sites is 2. The van der Waals surface area contributed by atoms with E-state index in [1.807, 2.05) is 48.5 Å². The number of fused-ring (bicyclic) bond motifs is 3. The maximum atomic E-state index is 13.2. The molecule has 5 rings (SSSR count). The Kier molecular flexibility index (Phi) is 5.36. The Morgan fingerprint density at radius 2 is 1.62 bits per heavy atom. The van der Waals surface area contributed by atoms with Gasteiger partial charge in [-0.25, -0.2) is 4.79 Å². The van der Waals surface area contributed by atoms with Gasteiger partial charge in [0.1, 0.15) is 13.2 Å². The van der Waals surface area contributed by atoms with Crippen LogP contribution in [0.5, 0.6) is 17.2 Å². The highest BCUT2D eigenvalue weighted by Crippen LogP contribution is 2.48. The van der Waals surface area contributed by atoms with Crippen molar-refractivity contribution in [1.82, 2.24) is 0 Å². The molecule has 7 nitrogen and oxygen atoms in total. The molecule has 162 valence electrons. The van der Waals surface area contributed by atoms with Crippen molar-refractivity contribution in [2.24, 2.45) is 0 Å². The molecule has 32 heavy (non-hydrogen) atoms. The van der Waals surface area contributed by atoms with Crippen LogP contribution in [0.2, 0.25) is 0 Å². The van der Waals surface area contributed by atoms with Gasteiger partial charge >= 0.3 is 5.97 Å². The second-order valence-electron chi connectivity index (χ2n) is 7.05. The zero-order valence-corrected chi connectivity index (χ0v) is 18.0. The van der Waals surface area contributed by atoms with Gasteiger partial charge in [0.25, 0.3) is 5.91 Å². The third kappa shape index (κ3) is 3.62. The quantitative estimate of drug-likeness (QED) is 0.545. The molecular formula is C24H19NO6S. The summed E-state index contributed by atoms with van der Waals surface area (Å²) in [6.07, 6.45) is 0. The van der Waals surface area contributed by atoms with E-state index in [0.717, 1.165) is 21.2 Å². The van der Waals surface area contributed by atoms with E-state index < -0.39 is 12.6 Å². The maximum absolute atomic E-state index is 13.2. The normalized spacial score (nSPS) is 13.6. The summed E-state index contributed by atoms with van der Waals surface area (Å²) in [6, 6.07) is 18.3. The van der Waals surface area contributed by atoms with Gasteiger partial charge in [-0.2, -0.15) is 0 Å². The number of hydrogen-bond donors (Lipinski definition) is 0. The first-order chi connectivity index (χ1) is 15.7. The molecule has 0 fully saturated rings. The van der Waals surface area contributed by atoms with E-state index >= 15 is 0 Å². The Morgan fingerprint density at radius 3 is 2.31 bits per heavy atom. The number of hydrogen-bond acceptors (Lipinski definition) is 7. The fourth-order valence-corrected chi connectivity index (χ4v) is 4.70. The van der Waals surface area contributed by atoms with Crippen LogP contribution in [0.15, 0.2) is 70.5 Å². The van der Waals surface area contributed by atoms with Gasteiger partial charge in [0.2, 0.25) is 5.75 Å². The molecule has 0 radical (unpaired) electrons. The van der Waals surface area contributed by atoms with Crippen LogP contribution in [0, 0.1) is 0 Å². The van der Waals surface area contributed by atoms with E-state index in [1.54, 1.807) is 16.7 Å². The van der Waals surface area contributed by atoms with Gasteiger partial charge in [-0.3, -0.25) is 9.69 Å². The van der Waals surface area contributed by atoms with Gasteiger partial charge in [0.05, 0.1) is 24.0 Å². The molecule has 2 heterocycles. The number of ether oxygens (including phenoxy) is 4. The van der Waals surface area contributed by atoms with Gasteiger partial charge in [0, 0.05) is 9.79 Å². The topological polar surface area (TPSA) is 74.3 Å². The number of anilines is 2. The summed E-state index contributed by atoms with van der Waals surface area (Å²) in [6.45, 7) is 0.362. The van der Waals surface area contributed by atoms with E-state index in [4.69, 9.17) is 18.9 Å². The Labute approximate surface area is 188 Å². The van der Waals surface area contributed by atoms with Crippen LogP contribution >= 0.6 is 11.8 Å². The number of carbonyl (C=O) groups is 2. The third-order valence-electron chi connectivity index (χ3n) is 5.07. The molecule has 0 bridgehead atoms. The van der Waals surface area contributed by atoms with Gasteiger partial charge in [-0.1, -0.05) is 36.0 Å². The van der Waals surface area contributed by atoms with Gasteiger partial charge in [0.15, 0.2) is 18.1 Å². The van der Waals surface area contributed by atoms with E-state index in [-0.39, 0.29) is 11.5 Å². The number of rotatable bonds is 4. The molecular weight excluding hydrogens is 430 g/mol. The lowest BCUT2D eigenvalue weighted by molar-refractivity contribution is -0.121. The first-order valence-corrected chi connectivity index (χ1v) is 10.8. The lowest BCUT2D eigenvalue weighted by atomic mass is 10.1. The zero-order chi connectivity index (χ0) is 22.1. The number of nitrogens with zero attached hydrogens (tertiary/aromatic N) is 1. The predicted octanol–water partition coefficient (Wildman–Crippen LogP) is 4.45. The molecule has 3 aromatic carbocycles. The predicted molar refractivity (Wildman–Crippen MR) is 118 cm³/mol. The van der Waals surface area contributed by atoms with E-state index in [9.17, 15) is 9.59 Å². The van der Waals surface area contributed by atoms with Crippen molar-refractivity contribution >= 4 is 35.0 Å². The monoisotopic (exact) mass is 449 g/mol. The second-order valence-corrected chi connectivity index (χ2v) is 8.13. The molecule has 8 heteroatoms. The van der Waals surface area contributed by atoms with Crippen molar-refractivity contribution in [1.29, 1.82) is 0 Å². The van der Waals surface area contributed by atoms with E-state index in [2.05, 4.69) is 0 Å². The molecule has 2 aliphatic rings. The molecule has 3 aromatic rings. The first-order valence-electron chi connectivity index (χ1n) is 9.99. The SMILES string of the molecule is COc1cc(C(=O)OCC(=O)N2c3ccccc3Sc3ccccc32)cc2c1OCCO2. The van der Waals surface area contributed by atoms with Crippen LogP contribution in [0.4, 0.5) is 11.4 Å². The Balaban J connectivity index is 1.37. The maximum Gasteiger partial charge on any atom is 0.338 e. The molecule has 0 saturated carbocycles. The van der Waals surface area contributed by atoms with Crippen molar-refractivity contribution in [2.75, 3.05) is 31.8 Å².